The average Bonchev–Trinajstić information content (AvgIpc) is 2.41. The smallest absolute Gasteiger partial charge is 0.140 e. The molecule has 0 aliphatic rings. The summed E-state index contributed by atoms with van der Waals surface area (Å²) in [6, 6.07) is 11.1. The van der Waals surface area contributed by atoms with Crippen LogP contribution in [0, 0.1) is 6.92 Å². The summed E-state index contributed by atoms with van der Waals surface area (Å²) in [6.07, 6.45) is -0.287. The number of benzene rings is 2. The molecule has 0 amide bonds. The van der Waals surface area contributed by atoms with Gasteiger partial charge in [0.25, 0.3) is 0 Å². The van der Waals surface area contributed by atoms with E-state index in [4.69, 9.17) is 45.3 Å². The summed E-state index contributed by atoms with van der Waals surface area (Å²) in [6.45, 7) is 2.35. The Labute approximate surface area is 133 Å². The second-order valence-corrected chi connectivity index (χ2v) is 5.67. The van der Waals surface area contributed by atoms with Gasteiger partial charge < -0.3 is 10.5 Å². The summed E-state index contributed by atoms with van der Waals surface area (Å²) in [4.78, 5) is 0. The molecule has 0 saturated carbocycles. The quantitative estimate of drug-likeness (QED) is 0.798. The molecule has 0 heterocycles. The molecule has 20 heavy (non-hydrogen) atoms. The first-order chi connectivity index (χ1) is 9.51. The normalized spacial score (nSPS) is 12.2. The summed E-state index contributed by atoms with van der Waals surface area (Å²) in [5.41, 5.74) is 7.93. The Bertz CT molecular complexity index is 616. The topological polar surface area (TPSA) is 35.2 Å². The minimum Gasteiger partial charge on any atom is -0.483 e. The molecule has 2 aromatic rings. The van der Waals surface area contributed by atoms with Crippen molar-refractivity contribution in [1.82, 2.24) is 0 Å². The molecule has 1 atom stereocenters. The van der Waals surface area contributed by atoms with Crippen LogP contribution in [0.2, 0.25) is 15.1 Å². The molecule has 2 rings (SSSR count). The zero-order valence-electron chi connectivity index (χ0n) is 10.9. The van der Waals surface area contributed by atoms with Crippen LogP contribution in [0.1, 0.15) is 17.2 Å². The van der Waals surface area contributed by atoms with E-state index in [9.17, 15) is 0 Å². The van der Waals surface area contributed by atoms with Crippen molar-refractivity contribution in [2.75, 3.05) is 6.54 Å². The Balaban J connectivity index is 2.29. The van der Waals surface area contributed by atoms with Crippen LogP contribution in [-0.4, -0.2) is 6.54 Å². The molecule has 0 spiro atoms. The SMILES string of the molecule is Cc1cccc(C(CN)Oc2cc(Cl)c(Cl)cc2Cl)c1. The lowest BCUT2D eigenvalue weighted by molar-refractivity contribution is 0.214. The molecule has 0 bridgehead atoms. The van der Waals surface area contributed by atoms with Crippen LogP contribution in [-0.2, 0) is 0 Å². The molecular formula is C15H14Cl3NO. The van der Waals surface area contributed by atoms with Gasteiger partial charge >= 0.3 is 0 Å². The molecule has 0 saturated heterocycles. The van der Waals surface area contributed by atoms with Crippen LogP contribution in [0.5, 0.6) is 5.75 Å². The highest BCUT2D eigenvalue weighted by Gasteiger charge is 2.15. The number of nitrogens with two attached hydrogens (primary N) is 1. The van der Waals surface area contributed by atoms with E-state index >= 15 is 0 Å². The summed E-state index contributed by atoms with van der Waals surface area (Å²) < 4.78 is 5.87. The standard InChI is InChI=1S/C15H14Cl3NO/c1-9-3-2-4-10(5-9)15(8-19)20-14-7-12(17)11(16)6-13(14)18/h2-7,15H,8,19H2,1H3. The minimum absolute atomic E-state index is 0.287. The number of hydrogen-bond acceptors (Lipinski definition) is 2. The molecule has 106 valence electrons. The van der Waals surface area contributed by atoms with E-state index in [2.05, 4.69) is 0 Å². The third-order valence-electron chi connectivity index (χ3n) is 2.87. The second kappa shape index (κ2) is 6.68. The van der Waals surface area contributed by atoms with Gasteiger partial charge in [0.1, 0.15) is 11.9 Å². The first-order valence-corrected chi connectivity index (χ1v) is 7.22. The molecule has 0 radical (unpaired) electrons. The lowest BCUT2D eigenvalue weighted by Crippen LogP contribution is -2.18. The molecule has 0 aromatic heterocycles. The Kier molecular flexibility index (Phi) is 5.17. The van der Waals surface area contributed by atoms with Crippen molar-refractivity contribution in [2.45, 2.75) is 13.0 Å². The highest BCUT2D eigenvalue weighted by Crippen LogP contribution is 2.36. The molecule has 5 heteroatoms. The van der Waals surface area contributed by atoms with Gasteiger partial charge in [-0.15, -0.1) is 0 Å². The lowest BCUT2D eigenvalue weighted by atomic mass is 10.1. The van der Waals surface area contributed by atoms with E-state index in [1.54, 1.807) is 12.1 Å². The van der Waals surface area contributed by atoms with Crippen molar-refractivity contribution in [3.63, 3.8) is 0 Å². The fraction of sp³-hybridized carbons (Fsp3) is 0.200. The van der Waals surface area contributed by atoms with E-state index in [-0.39, 0.29) is 6.10 Å². The van der Waals surface area contributed by atoms with Crippen molar-refractivity contribution in [3.8, 4) is 5.75 Å². The number of hydrogen-bond donors (Lipinski definition) is 1. The Morgan fingerprint density at radius 1 is 1.05 bits per heavy atom. The van der Waals surface area contributed by atoms with Crippen LogP contribution in [0.3, 0.4) is 0 Å². The van der Waals surface area contributed by atoms with Gasteiger partial charge in [-0.05, 0) is 18.6 Å². The van der Waals surface area contributed by atoms with E-state index in [0.717, 1.165) is 11.1 Å². The van der Waals surface area contributed by atoms with Crippen molar-refractivity contribution in [3.05, 3.63) is 62.6 Å². The largest absolute Gasteiger partial charge is 0.483 e. The second-order valence-electron chi connectivity index (χ2n) is 4.45. The monoisotopic (exact) mass is 329 g/mol. The van der Waals surface area contributed by atoms with Crippen LogP contribution in [0.4, 0.5) is 0 Å². The third-order valence-corrected chi connectivity index (χ3v) is 3.89. The van der Waals surface area contributed by atoms with Gasteiger partial charge in [0, 0.05) is 12.6 Å². The predicted octanol–water partition coefficient (Wildman–Crippen LogP) is 5.03. The van der Waals surface area contributed by atoms with E-state index < -0.39 is 0 Å². The highest BCUT2D eigenvalue weighted by molar-refractivity contribution is 6.43. The number of ether oxygens (including phenoxy) is 1. The van der Waals surface area contributed by atoms with Crippen molar-refractivity contribution < 1.29 is 4.74 Å². The molecule has 2 N–H and O–H groups in total. The molecule has 1 unspecified atom stereocenters. The predicted molar refractivity (Wildman–Crippen MR) is 85.1 cm³/mol. The molecule has 0 aliphatic carbocycles. The summed E-state index contributed by atoms with van der Waals surface area (Å²) in [5, 5.41) is 1.19. The van der Waals surface area contributed by atoms with Gasteiger partial charge in [0.15, 0.2) is 0 Å². The van der Waals surface area contributed by atoms with Crippen LogP contribution in [0.15, 0.2) is 36.4 Å². The molecule has 0 aliphatic heterocycles. The van der Waals surface area contributed by atoms with Crippen molar-refractivity contribution >= 4 is 34.8 Å². The maximum atomic E-state index is 6.11. The van der Waals surface area contributed by atoms with E-state index in [1.807, 2.05) is 31.2 Å². The molecule has 2 nitrogen and oxygen atoms in total. The summed E-state index contributed by atoms with van der Waals surface area (Å²) in [5.74, 6) is 0.470. The van der Waals surface area contributed by atoms with Crippen LogP contribution in [0.25, 0.3) is 0 Å². The van der Waals surface area contributed by atoms with Gasteiger partial charge in [-0.25, -0.2) is 0 Å². The van der Waals surface area contributed by atoms with Gasteiger partial charge in [0.05, 0.1) is 15.1 Å². The first kappa shape index (κ1) is 15.5. The average molecular weight is 331 g/mol. The maximum absolute atomic E-state index is 6.11. The first-order valence-electron chi connectivity index (χ1n) is 6.09. The number of halogens is 3. The Morgan fingerprint density at radius 2 is 1.75 bits per heavy atom. The van der Waals surface area contributed by atoms with Crippen molar-refractivity contribution in [1.29, 1.82) is 0 Å². The summed E-state index contributed by atoms with van der Waals surface area (Å²) >= 11 is 18.0. The zero-order valence-corrected chi connectivity index (χ0v) is 13.1. The zero-order chi connectivity index (χ0) is 14.7. The Morgan fingerprint density at radius 3 is 2.40 bits per heavy atom. The minimum atomic E-state index is -0.287. The fourth-order valence-corrected chi connectivity index (χ4v) is 2.45. The van der Waals surface area contributed by atoms with Gasteiger partial charge in [-0.1, -0.05) is 64.6 Å². The van der Waals surface area contributed by atoms with Crippen LogP contribution >= 0.6 is 34.8 Å². The highest BCUT2D eigenvalue weighted by atomic mass is 35.5. The third kappa shape index (κ3) is 3.58. The Hall–Kier alpha value is -0.930. The lowest BCUT2D eigenvalue weighted by Gasteiger charge is -2.19. The van der Waals surface area contributed by atoms with Gasteiger partial charge in [-0.2, -0.15) is 0 Å². The molecular weight excluding hydrogens is 317 g/mol. The molecule has 2 aromatic carbocycles. The number of aryl methyl sites for hydroxylation is 1. The van der Waals surface area contributed by atoms with E-state index in [1.165, 1.54) is 0 Å². The van der Waals surface area contributed by atoms with E-state index in [0.29, 0.717) is 27.4 Å². The summed E-state index contributed by atoms with van der Waals surface area (Å²) in [7, 11) is 0. The van der Waals surface area contributed by atoms with Gasteiger partial charge in [-0.3, -0.25) is 0 Å². The van der Waals surface area contributed by atoms with Crippen molar-refractivity contribution in [2.24, 2.45) is 5.73 Å². The fourth-order valence-electron chi connectivity index (χ4n) is 1.87. The number of rotatable bonds is 4. The molecule has 0 fully saturated rings. The maximum Gasteiger partial charge on any atom is 0.140 e. The van der Waals surface area contributed by atoms with Gasteiger partial charge in [0.2, 0.25) is 0 Å². The van der Waals surface area contributed by atoms with Crippen LogP contribution < -0.4 is 10.5 Å².